The number of nitriles is 1. The van der Waals surface area contributed by atoms with E-state index in [0.29, 0.717) is 23.1 Å². The number of piperidine rings is 1. The summed E-state index contributed by atoms with van der Waals surface area (Å²) in [5, 5.41) is 12.3. The molecule has 0 amide bonds. The van der Waals surface area contributed by atoms with E-state index in [2.05, 4.69) is 16.3 Å². The van der Waals surface area contributed by atoms with Crippen LogP contribution in [0.3, 0.4) is 0 Å². The van der Waals surface area contributed by atoms with E-state index in [4.69, 9.17) is 26.2 Å². The van der Waals surface area contributed by atoms with Crippen LogP contribution in [0.5, 0.6) is 5.88 Å². The highest BCUT2D eigenvalue weighted by Gasteiger charge is 2.24. The topological polar surface area (TPSA) is 126 Å². The van der Waals surface area contributed by atoms with Gasteiger partial charge in [0.25, 0.3) is 0 Å². The van der Waals surface area contributed by atoms with Crippen LogP contribution in [-0.2, 0) is 0 Å². The van der Waals surface area contributed by atoms with Crippen molar-refractivity contribution in [1.29, 1.82) is 5.26 Å². The van der Waals surface area contributed by atoms with Crippen LogP contribution in [-0.4, -0.2) is 43.3 Å². The molecule has 32 heavy (non-hydrogen) atoms. The monoisotopic (exact) mass is 429 g/mol. The van der Waals surface area contributed by atoms with Gasteiger partial charge in [-0.3, -0.25) is 0 Å². The lowest BCUT2D eigenvalue weighted by molar-refractivity contribution is 0.397. The van der Waals surface area contributed by atoms with Crippen molar-refractivity contribution in [2.45, 2.75) is 18.9 Å². The lowest BCUT2D eigenvalue weighted by Crippen LogP contribution is -2.40. The van der Waals surface area contributed by atoms with E-state index in [0.717, 1.165) is 54.0 Å². The lowest BCUT2D eigenvalue weighted by atomic mass is 9.98. The van der Waals surface area contributed by atoms with Gasteiger partial charge in [-0.2, -0.15) is 10.2 Å². The van der Waals surface area contributed by atoms with Crippen molar-refractivity contribution in [3.63, 3.8) is 0 Å². The summed E-state index contributed by atoms with van der Waals surface area (Å²) >= 11 is 0. The molecule has 0 saturated carbocycles. The quantitative estimate of drug-likeness (QED) is 0.528. The third-order valence-corrected chi connectivity index (χ3v) is 5.78. The number of nitrogens with one attached hydrogen (secondary N) is 1. The molecular formula is C24H27N7O. The molecule has 5 N–H and O–H groups in total. The molecule has 0 bridgehead atoms. The molecule has 2 aromatic carbocycles. The number of benzene rings is 2. The number of hydrogen-bond donors (Lipinski definition) is 3. The predicted molar refractivity (Wildman–Crippen MR) is 128 cm³/mol. The van der Waals surface area contributed by atoms with Gasteiger partial charge in [0.2, 0.25) is 11.8 Å². The Morgan fingerprint density at radius 2 is 1.78 bits per heavy atom. The molecule has 0 radical (unpaired) electrons. The SMILES string of the molecule is CNc1ccc(-c2c(OC)nc(N3CCC(N)CC3)nc2-c2ccc(C#N)cc2)cc1N. The Balaban J connectivity index is 1.90. The smallest absolute Gasteiger partial charge is 0.229 e. The largest absolute Gasteiger partial charge is 0.480 e. The zero-order chi connectivity index (χ0) is 22.7. The number of nitrogens with two attached hydrogens (primary N) is 2. The number of anilines is 3. The molecule has 2 heterocycles. The number of aromatic nitrogens is 2. The Bertz CT molecular complexity index is 1150. The van der Waals surface area contributed by atoms with Crippen molar-refractivity contribution in [2.24, 2.45) is 5.73 Å². The minimum absolute atomic E-state index is 0.207. The second-order valence-electron chi connectivity index (χ2n) is 7.82. The normalized spacial score (nSPS) is 14.1. The summed E-state index contributed by atoms with van der Waals surface area (Å²) in [6.45, 7) is 1.58. The van der Waals surface area contributed by atoms with Crippen molar-refractivity contribution < 1.29 is 4.74 Å². The van der Waals surface area contributed by atoms with Gasteiger partial charge in [0, 0.05) is 31.7 Å². The lowest BCUT2D eigenvalue weighted by Gasteiger charge is -2.31. The van der Waals surface area contributed by atoms with E-state index < -0.39 is 0 Å². The van der Waals surface area contributed by atoms with Gasteiger partial charge in [-0.1, -0.05) is 18.2 Å². The Hall–Kier alpha value is -3.83. The molecule has 3 aromatic rings. The maximum absolute atomic E-state index is 9.20. The Morgan fingerprint density at radius 3 is 2.38 bits per heavy atom. The number of nitrogen functional groups attached to an aromatic ring is 1. The summed E-state index contributed by atoms with van der Waals surface area (Å²) in [5.41, 5.74) is 17.6. The molecule has 1 aliphatic rings. The van der Waals surface area contributed by atoms with Crippen LogP contribution in [0.25, 0.3) is 22.4 Å². The van der Waals surface area contributed by atoms with Gasteiger partial charge >= 0.3 is 0 Å². The summed E-state index contributed by atoms with van der Waals surface area (Å²) < 4.78 is 5.74. The van der Waals surface area contributed by atoms with Crippen molar-refractivity contribution in [1.82, 2.24) is 9.97 Å². The highest BCUT2D eigenvalue weighted by Crippen LogP contribution is 2.40. The first-order valence-electron chi connectivity index (χ1n) is 10.6. The molecule has 0 unspecified atom stereocenters. The third-order valence-electron chi connectivity index (χ3n) is 5.78. The predicted octanol–water partition coefficient (Wildman–Crippen LogP) is 3.24. The van der Waals surface area contributed by atoms with E-state index in [1.165, 1.54) is 0 Å². The third kappa shape index (κ3) is 4.15. The summed E-state index contributed by atoms with van der Waals surface area (Å²) in [5.74, 6) is 1.08. The first-order chi connectivity index (χ1) is 15.5. The molecule has 1 aliphatic heterocycles. The number of hydrogen-bond acceptors (Lipinski definition) is 8. The van der Waals surface area contributed by atoms with E-state index in [9.17, 15) is 5.26 Å². The number of ether oxygens (including phenoxy) is 1. The fraction of sp³-hybridized carbons (Fsp3) is 0.292. The molecular weight excluding hydrogens is 402 g/mol. The maximum Gasteiger partial charge on any atom is 0.229 e. The van der Waals surface area contributed by atoms with Gasteiger partial charge in [-0.25, -0.2) is 4.98 Å². The summed E-state index contributed by atoms with van der Waals surface area (Å²) in [4.78, 5) is 11.9. The summed E-state index contributed by atoms with van der Waals surface area (Å²) in [6.07, 6.45) is 1.78. The van der Waals surface area contributed by atoms with Crippen LogP contribution < -0.4 is 26.4 Å². The highest BCUT2D eigenvalue weighted by atomic mass is 16.5. The highest BCUT2D eigenvalue weighted by molar-refractivity contribution is 5.88. The zero-order valence-electron chi connectivity index (χ0n) is 18.3. The summed E-state index contributed by atoms with van der Waals surface area (Å²) in [7, 11) is 3.44. The van der Waals surface area contributed by atoms with Crippen LogP contribution in [0.1, 0.15) is 18.4 Å². The Labute approximate surface area is 187 Å². The maximum atomic E-state index is 9.20. The average Bonchev–Trinajstić information content (AvgIpc) is 2.83. The van der Waals surface area contributed by atoms with Crippen molar-refractivity contribution in [3.8, 4) is 34.3 Å². The number of rotatable bonds is 5. The standard InChI is InChI=1S/C24H27N7O/c1-28-20-8-7-17(13-19(20)27)21-22(16-5-3-15(14-25)4-6-16)29-24(30-23(21)32-2)31-11-9-18(26)10-12-31/h3-8,13,18,28H,9-12,26-27H2,1-2H3. The minimum Gasteiger partial charge on any atom is -0.480 e. The Morgan fingerprint density at radius 1 is 1.09 bits per heavy atom. The molecule has 0 atom stereocenters. The van der Waals surface area contributed by atoms with Crippen molar-refractivity contribution in [3.05, 3.63) is 48.0 Å². The molecule has 1 aromatic heterocycles. The van der Waals surface area contributed by atoms with Crippen LogP contribution in [0, 0.1) is 11.3 Å². The van der Waals surface area contributed by atoms with Gasteiger partial charge < -0.3 is 26.4 Å². The van der Waals surface area contributed by atoms with E-state index in [1.54, 1.807) is 19.2 Å². The fourth-order valence-electron chi connectivity index (χ4n) is 3.94. The fourth-order valence-corrected chi connectivity index (χ4v) is 3.94. The molecule has 0 spiro atoms. The molecule has 4 rings (SSSR count). The summed E-state index contributed by atoms with van der Waals surface area (Å²) in [6, 6.07) is 15.5. The van der Waals surface area contributed by atoms with E-state index in [1.807, 2.05) is 37.4 Å². The zero-order valence-corrected chi connectivity index (χ0v) is 18.3. The van der Waals surface area contributed by atoms with Gasteiger partial charge in [-0.15, -0.1) is 0 Å². The molecule has 8 heteroatoms. The van der Waals surface area contributed by atoms with Crippen molar-refractivity contribution >= 4 is 17.3 Å². The van der Waals surface area contributed by atoms with Crippen LogP contribution in [0.15, 0.2) is 42.5 Å². The average molecular weight is 430 g/mol. The van der Waals surface area contributed by atoms with Gasteiger partial charge in [0.1, 0.15) is 0 Å². The molecule has 1 fully saturated rings. The number of nitrogens with zero attached hydrogens (tertiary/aromatic N) is 4. The van der Waals surface area contributed by atoms with E-state index >= 15 is 0 Å². The van der Waals surface area contributed by atoms with Crippen molar-refractivity contribution in [2.75, 3.05) is 43.2 Å². The first kappa shape index (κ1) is 21.4. The van der Waals surface area contributed by atoms with Crippen LogP contribution in [0.2, 0.25) is 0 Å². The molecule has 8 nitrogen and oxygen atoms in total. The second kappa shape index (κ2) is 9.12. The van der Waals surface area contributed by atoms with E-state index in [-0.39, 0.29) is 6.04 Å². The molecule has 164 valence electrons. The molecule has 0 aliphatic carbocycles. The molecule has 1 saturated heterocycles. The van der Waals surface area contributed by atoms with Gasteiger partial charge in [0.15, 0.2) is 0 Å². The van der Waals surface area contributed by atoms with Gasteiger partial charge in [-0.05, 0) is 42.7 Å². The minimum atomic E-state index is 0.207. The second-order valence-corrected chi connectivity index (χ2v) is 7.82. The van der Waals surface area contributed by atoms with Gasteiger partial charge in [0.05, 0.1) is 41.4 Å². The van der Waals surface area contributed by atoms with Crippen LogP contribution in [0.4, 0.5) is 17.3 Å². The number of methoxy groups -OCH3 is 1. The van der Waals surface area contributed by atoms with Crippen LogP contribution >= 0.6 is 0 Å². The first-order valence-corrected chi connectivity index (χ1v) is 10.6. The Kier molecular flexibility index (Phi) is 6.10.